The molecule has 3 aromatic rings. The molecule has 0 spiro atoms. The van der Waals surface area contributed by atoms with Gasteiger partial charge in [-0.2, -0.15) is 13.1 Å². The van der Waals surface area contributed by atoms with E-state index >= 15 is 13.2 Å². The van der Waals surface area contributed by atoms with Crippen LogP contribution in [0.2, 0.25) is 0 Å². The van der Waals surface area contributed by atoms with E-state index in [9.17, 15) is 17.6 Å². The fourth-order valence-corrected chi connectivity index (χ4v) is 4.67. The van der Waals surface area contributed by atoms with Gasteiger partial charge in [0.15, 0.2) is 23.3 Å². The number of carbonyl (C=O) groups is 1. The monoisotopic (exact) mass is 711 g/mol. The second-order valence-corrected chi connectivity index (χ2v) is 11.5. The van der Waals surface area contributed by atoms with Crippen molar-refractivity contribution in [2.24, 2.45) is 0 Å². The molecule has 1 amide bonds. The number of benzene rings is 2. The van der Waals surface area contributed by atoms with Crippen molar-refractivity contribution in [2.45, 2.75) is 26.4 Å². The van der Waals surface area contributed by atoms with Crippen LogP contribution in [0.15, 0.2) is 36.5 Å². The number of rotatable bonds is 13. The highest BCUT2D eigenvalue weighted by Crippen LogP contribution is 2.32. The maximum atomic E-state index is 15.4. The van der Waals surface area contributed by atoms with Gasteiger partial charge in [-0.3, -0.25) is 14.4 Å². The topological polar surface area (TPSA) is 131 Å². The van der Waals surface area contributed by atoms with E-state index in [1.807, 2.05) is 27.3 Å². The lowest BCUT2D eigenvalue weighted by atomic mass is 10.00. The van der Waals surface area contributed by atoms with Gasteiger partial charge < -0.3 is 10.1 Å². The first-order valence-electron chi connectivity index (χ1n) is 11.9. The van der Waals surface area contributed by atoms with E-state index in [1.165, 1.54) is 19.2 Å². The summed E-state index contributed by atoms with van der Waals surface area (Å²) in [5.74, 6) is -6.59. The van der Waals surface area contributed by atoms with Crippen LogP contribution in [0.25, 0.3) is 0 Å². The van der Waals surface area contributed by atoms with E-state index in [0.717, 1.165) is 24.4 Å². The molecular formula is C25H26F4IN5O5S. The van der Waals surface area contributed by atoms with Gasteiger partial charge >= 0.3 is 0 Å². The van der Waals surface area contributed by atoms with Gasteiger partial charge in [0.2, 0.25) is 0 Å². The number of carbonyl (C=O) groups excluding carboxylic acids is 1. The van der Waals surface area contributed by atoms with Crippen molar-refractivity contribution in [1.82, 2.24) is 15.2 Å². The number of hydrogen-bond donors (Lipinski definition) is 4. The summed E-state index contributed by atoms with van der Waals surface area (Å²) in [6.45, 7) is 3.18. The maximum Gasteiger partial charge on any atom is 0.300 e. The number of hydroxylamine groups is 1. The summed E-state index contributed by atoms with van der Waals surface area (Å²) in [5.41, 5.74) is 0.0245. The van der Waals surface area contributed by atoms with Crippen molar-refractivity contribution in [2.75, 3.05) is 30.3 Å². The lowest BCUT2D eigenvalue weighted by Crippen LogP contribution is -2.33. The van der Waals surface area contributed by atoms with Crippen LogP contribution in [-0.2, 0) is 26.2 Å². The van der Waals surface area contributed by atoms with Gasteiger partial charge in [-0.15, -0.1) is 0 Å². The van der Waals surface area contributed by atoms with Crippen LogP contribution in [0.1, 0.15) is 35.3 Å². The standard InChI is InChI=1S/C25H26F4IN5O5S/c1-13(2)40-34-25(36)17-11-15(20(27)22(29)23(17)33-19-5-4-16(30)12-18(19)26)10-14-6-7-31-24(21(14)28)35-41(37,38)32-8-9-39-3/h4-7,11-13,32-33H,8-10H2,1-3H3,(H,31,35)(H,34,36). The van der Waals surface area contributed by atoms with Gasteiger partial charge in [0.1, 0.15) is 5.82 Å². The highest BCUT2D eigenvalue weighted by Gasteiger charge is 2.25. The first-order chi connectivity index (χ1) is 19.3. The summed E-state index contributed by atoms with van der Waals surface area (Å²) >= 11 is 1.87. The molecule has 1 aromatic heterocycles. The minimum Gasteiger partial charge on any atom is -0.383 e. The fourth-order valence-electron chi connectivity index (χ4n) is 3.40. The van der Waals surface area contributed by atoms with Gasteiger partial charge in [0.25, 0.3) is 16.1 Å². The molecule has 2 aromatic carbocycles. The number of hydrogen-bond acceptors (Lipinski definition) is 7. The van der Waals surface area contributed by atoms with Crippen LogP contribution in [0, 0.1) is 26.8 Å². The van der Waals surface area contributed by atoms with E-state index in [-0.39, 0.29) is 24.4 Å². The van der Waals surface area contributed by atoms with E-state index in [2.05, 4.69) is 20.5 Å². The first-order valence-corrected chi connectivity index (χ1v) is 14.5. The molecule has 0 saturated carbocycles. The molecule has 10 nitrogen and oxygen atoms in total. The summed E-state index contributed by atoms with van der Waals surface area (Å²) in [6, 6.07) is 6.05. The number of anilines is 3. The Labute approximate surface area is 247 Å². The average molecular weight is 711 g/mol. The number of aromatic nitrogens is 1. The van der Waals surface area contributed by atoms with Crippen molar-refractivity contribution >= 4 is 55.9 Å². The van der Waals surface area contributed by atoms with E-state index in [4.69, 9.17) is 9.57 Å². The molecule has 16 heteroatoms. The summed E-state index contributed by atoms with van der Waals surface area (Å²) in [7, 11) is -2.86. The van der Waals surface area contributed by atoms with Crippen molar-refractivity contribution in [1.29, 1.82) is 0 Å². The predicted octanol–water partition coefficient (Wildman–Crippen LogP) is 4.54. The number of methoxy groups -OCH3 is 1. The van der Waals surface area contributed by atoms with E-state index < -0.39 is 74.5 Å². The van der Waals surface area contributed by atoms with Crippen LogP contribution in [-0.4, -0.2) is 45.7 Å². The van der Waals surface area contributed by atoms with Gasteiger partial charge in [0, 0.05) is 29.8 Å². The number of nitrogens with zero attached hydrogens (tertiary/aromatic N) is 1. The smallest absolute Gasteiger partial charge is 0.300 e. The molecule has 1 heterocycles. The zero-order valence-corrected chi connectivity index (χ0v) is 24.9. The average Bonchev–Trinajstić information content (AvgIpc) is 2.90. The van der Waals surface area contributed by atoms with Crippen molar-refractivity contribution < 1.29 is 40.3 Å². The molecule has 0 aliphatic rings. The van der Waals surface area contributed by atoms with Gasteiger partial charge in [-0.25, -0.2) is 28.0 Å². The second kappa shape index (κ2) is 14.2. The Bertz CT molecular complexity index is 1530. The van der Waals surface area contributed by atoms with E-state index in [1.54, 1.807) is 13.8 Å². The van der Waals surface area contributed by atoms with Crippen LogP contribution in [0.3, 0.4) is 0 Å². The van der Waals surface area contributed by atoms with Crippen LogP contribution in [0.4, 0.5) is 34.8 Å². The van der Waals surface area contributed by atoms with Gasteiger partial charge in [-0.05, 0) is 77.9 Å². The quantitative estimate of drug-likeness (QED) is 0.0887. The van der Waals surface area contributed by atoms with Gasteiger partial charge in [-0.1, -0.05) is 0 Å². The lowest BCUT2D eigenvalue weighted by Gasteiger charge is -2.18. The number of amides is 1. The summed E-state index contributed by atoms with van der Waals surface area (Å²) in [5, 5.41) is 2.42. The Morgan fingerprint density at radius 1 is 1.05 bits per heavy atom. The highest BCUT2D eigenvalue weighted by molar-refractivity contribution is 14.1. The molecule has 0 saturated heterocycles. The largest absolute Gasteiger partial charge is 0.383 e. The second-order valence-electron chi connectivity index (χ2n) is 8.74. The molecule has 0 aliphatic heterocycles. The van der Waals surface area contributed by atoms with E-state index in [0.29, 0.717) is 3.57 Å². The van der Waals surface area contributed by atoms with Crippen LogP contribution in [0.5, 0.6) is 0 Å². The molecule has 4 N–H and O–H groups in total. The molecular weight excluding hydrogens is 685 g/mol. The number of halogens is 5. The Morgan fingerprint density at radius 3 is 2.44 bits per heavy atom. The Hall–Kier alpha value is -3.06. The molecule has 222 valence electrons. The van der Waals surface area contributed by atoms with Crippen molar-refractivity contribution in [3.8, 4) is 0 Å². The zero-order valence-electron chi connectivity index (χ0n) is 21.9. The highest BCUT2D eigenvalue weighted by atomic mass is 127. The number of ether oxygens (including phenoxy) is 1. The Kier molecular flexibility index (Phi) is 11.3. The molecule has 0 bridgehead atoms. The molecule has 3 rings (SSSR count). The third-order valence-electron chi connectivity index (χ3n) is 5.28. The fraction of sp³-hybridized carbons (Fsp3) is 0.280. The molecule has 41 heavy (non-hydrogen) atoms. The maximum absolute atomic E-state index is 15.4. The third kappa shape index (κ3) is 8.71. The molecule has 0 atom stereocenters. The summed E-state index contributed by atoms with van der Waals surface area (Å²) in [4.78, 5) is 21.7. The predicted molar refractivity (Wildman–Crippen MR) is 152 cm³/mol. The Balaban J connectivity index is 2.01. The molecule has 0 radical (unpaired) electrons. The summed E-state index contributed by atoms with van der Waals surface area (Å²) < 4.78 is 94.1. The molecule has 0 fully saturated rings. The zero-order chi connectivity index (χ0) is 30.3. The first kappa shape index (κ1) is 32.5. The SMILES string of the molecule is COCCNS(=O)(=O)Nc1nccc(Cc2cc(C(=O)NOC(C)C)c(Nc3ccc(I)cc3F)c(F)c2F)c1F. The van der Waals surface area contributed by atoms with Crippen molar-refractivity contribution in [3.63, 3.8) is 0 Å². The Morgan fingerprint density at radius 2 is 1.78 bits per heavy atom. The molecule has 0 unspecified atom stereocenters. The lowest BCUT2D eigenvalue weighted by molar-refractivity contribution is 0.000216. The third-order valence-corrected chi connectivity index (χ3v) is 7.00. The molecule has 0 aliphatic carbocycles. The minimum atomic E-state index is -4.23. The normalized spacial score (nSPS) is 11.5. The summed E-state index contributed by atoms with van der Waals surface area (Å²) in [6.07, 6.45) is -0.00282. The van der Waals surface area contributed by atoms with Crippen LogP contribution < -0.4 is 20.2 Å². The number of nitrogens with one attached hydrogen (secondary N) is 4. The minimum absolute atomic E-state index is 0.0564. The van der Waals surface area contributed by atoms with Crippen LogP contribution >= 0.6 is 22.6 Å². The number of pyridine rings is 1. The van der Waals surface area contributed by atoms with Crippen molar-refractivity contribution in [3.05, 3.63) is 80.1 Å². The van der Waals surface area contributed by atoms with Gasteiger partial charge in [0.05, 0.1) is 29.6 Å².